The Kier molecular flexibility index (Phi) is 2.98. The molecule has 0 aliphatic carbocycles. The van der Waals surface area contributed by atoms with Crippen LogP contribution in [0.5, 0.6) is 0 Å². The standard InChI is InChI=1S/C6H9FN2O3/c7-4-3-12-2-1-5(4)8-9-6(10)11/h4,9H,1-3H2,(H,10,11)/b8-5+. The maximum absolute atomic E-state index is 12.8. The minimum absolute atomic E-state index is 0.0415. The highest BCUT2D eigenvalue weighted by Gasteiger charge is 2.20. The highest BCUT2D eigenvalue weighted by molar-refractivity contribution is 5.90. The van der Waals surface area contributed by atoms with Crippen LogP contribution in [0.1, 0.15) is 6.42 Å². The zero-order chi connectivity index (χ0) is 8.97. The van der Waals surface area contributed by atoms with Crippen LogP contribution in [0.25, 0.3) is 0 Å². The number of ether oxygens (including phenoxy) is 1. The third-order valence-corrected chi connectivity index (χ3v) is 1.42. The molecule has 0 spiro atoms. The first-order valence-electron chi connectivity index (χ1n) is 3.47. The molecular weight excluding hydrogens is 167 g/mol. The maximum Gasteiger partial charge on any atom is 0.425 e. The van der Waals surface area contributed by atoms with Crippen molar-refractivity contribution in [3.05, 3.63) is 0 Å². The SMILES string of the molecule is O=C(O)N/N=C1\CCOCC1F. The summed E-state index contributed by atoms with van der Waals surface area (Å²) in [6, 6.07) is 0. The van der Waals surface area contributed by atoms with Crippen molar-refractivity contribution in [3.8, 4) is 0 Å². The second kappa shape index (κ2) is 4.01. The fourth-order valence-electron chi connectivity index (χ4n) is 0.862. The van der Waals surface area contributed by atoms with Gasteiger partial charge in [0.25, 0.3) is 0 Å². The first-order chi connectivity index (χ1) is 5.70. The van der Waals surface area contributed by atoms with Gasteiger partial charge >= 0.3 is 6.09 Å². The Morgan fingerprint density at radius 2 is 2.58 bits per heavy atom. The second-order valence-electron chi connectivity index (χ2n) is 2.31. The molecule has 2 N–H and O–H groups in total. The number of nitrogens with zero attached hydrogens (tertiary/aromatic N) is 1. The Balaban J connectivity index is 2.47. The Labute approximate surface area is 68.2 Å². The van der Waals surface area contributed by atoms with Gasteiger partial charge in [0.1, 0.15) is 0 Å². The van der Waals surface area contributed by atoms with Gasteiger partial charge in [-0.25, -0.2) is 14.6 Å². The fraction of sp³-hybridized carbons (Fsp3) is 0.667. The third-order valence-electron chi connectivity index (χ3n) is 1.42. The van der Waals surface area contributed by atoms with E-state index in [-0.39, 0.29) is 12.3 Å². The minimum Gasteiger partial charge on any atom is -0.464 e. The molecule has 1 aliphatic rings. The van der Waals surface area contributed by atoms with E-state index < -0.39 is 12.3 Å². The van der Waals surface area contributed by atoms with E-state index in [9.17, 15) is 9.18 Å². The molecule has 0 radical (unpaired) electrons. The van der Waals surface area contributed by atoms with Gasteiger partial charge in [0.15, 0.2) is 6.17 Å². The lowest BCUT2D eigenvalue weighted by atomic mass is 10.1. The summed E-state index contributed by atoms with van der Waals surface area (Å²) in [5, 5.41) is 11.5. The van der Waals surface area contributed by atoms with Gasteiger partial charge in [-0.15, -0.1) is 0 Å². The van der Waals surface area contributed by atoms with E-state index in [1.807, 2.05) is 0 Å². The number of halogens is 1. The van der Waals surface area contributed by atoms with E-state index in [0.717, 1.165) is 0 Å². The van der Waals surface area contributed by atoms with Gasteiger partial charge < -0.3 is 9.84 Å². The van der Waals surface area contributed by atoms with Crippen molar-refractivity contribution < 1.29 is 19.0 Å². The lowest BCUT2D eigenvalue weighted by Crippen LogP contribution is -2.31. The molecule has 0 bridgehead atoms. The number of hydrazone groups is 1. The van der Waals surface area contributed by atoms with Crippen LogP contribution in [0.3, 0.4) is 0 Å². The average molecular weight is 176 g/mol. The lowest BCUT2D eigenvalue weighted by Gasteiger charge is -2.17. The fourth-order valence-corrected chi connectivity index (χ4v) is 0.862. The molecule has 1 saturated heterocycles. The molecule has 0 aromatic carbocycles. The predicted molar refractivity (Wildman–Crippen MR) is 38.9 cm³/mol. The third kappa shape index (κ3) is 2.46. The van der Waals surface area contributed by atoms with Gasteiger partial charge in [-0.3, -0.25) is 0 Å². The summed E-state index contributed by atoms with van der Waals surface area (Å²) in [5.74, 6) is 0. The van der Waals surface area contributed by atoms with Crippen LogP contribution in [0, 0.1) is 0 Å². The van der Waals surface area contributed by atoms with Crippen molar-refractivity contribution in [2.45, 2.75) is 12.6 Å². The molecule has 1 heterocycles. The predicted octanol–water partition coefficient (Wildman–Crippen LogP) is 0.368. The molecule has 1 fully saturated rings. The summed E-state index contributed by atoms with van der Waals surface area (Å²) < 4.78 is 17.6. The number of carboxylic acid groups (broad SMARTS) is 1. The van der Waals surface area contributed by atoms with Crippen molar-refractivity contribution in [1.29, 1.82) is 0 Å². The van der Waals surface area contributed by atoms with Crippen LogP contribution < -0.4 is 5.43 Å². The molecule has 0 aromatic rings. The number of nitrogens with one attached hydrogen (secondary N) is 1. The topological polar surface area (TPSA) is 70.9 Å². The summed E-state index contributed by atoms with van der Waals surface area (Å²) in [7, 11) is 0. The number of alkyl halides is 1. The Hall–Kier alpha value is -1.17. The Bertz CT molecular complexity index is 207. The van der Waals surface area contributed by atoms with E-state index in [1.165, 1.54) is 0 Å². The highest BCUT2D eigenvalue weighted by Crippen LogP contribution is 2.06. The van der Waals surface area contributed by atoms with Crippen LogP contribution in [0.4, 0.5) is 9.18 Å². The first kappa shape index (κ1) is 8.92. The number of hydrogen-bond donors (Lipinski definition) is 2. The van der Waals surface area contributed by atoms with Gasteiger partial charge in [0.05, 0.1) is 18.9 Å². The zero-order valence-corrected chi connectivity index (χ0v) is 6.29. The molecule has 1 aliphatic heterocycles. The van der Waals surface area contributed by atoms with Crippen molar-refractivity contribution >= 4 is 11.8 Å². The van der Waals surface area contributed by atoms with Crippen LogP contribution in [-0.4, -0.2) is 36.3 Å². The molecule has 0 aromatic heterocycles. The number of rotatable bonds is 1. The Morgan fingerprint density at radius 1 is 1.83 bits per heavy atom. The number of amides is 1. The molecule has 6 heteroatoms. The smallest absolute Gasteiger partial charge is 0.425 e. The molecule has 5 nitrogen and oxygen atoms in total. The van der Waals surface area contributed by atoms with Crippen molar-refractivity contribution in [2.24, 2.45) is 5.10 Å². The van der Waals surface area contributed by atoms with Crippen LogP contribution in [0.2, 0.25) is 0 Å². The minimum atomic E-state index is -1.29. The summed E-state index contributed by atoms with van der Waals surface area (Å²) in [6.45, 7) is 0.348. The molecule has 1 atom stereocenters. The van der Waals surface area contributed by atoms with Crippen molar-refractivity contribution in [3.63, 3.8) is 0 Å². The largest absolute Gasteiger partial charge is 0.464 e. The van der Waals surface area contributed by atoms with Gasteiger partial charge in [-0.1, -0.05) is 0 Å². The Morgan fingerprint density at radius 3 is 3.17 bits per heavy atom. The number of carbonyl (C=O) groups is 1. The molecule has 12 heavy (non-hydrogen) atoms. The van der Waals surface area contributed by atoms with Crippen LogP contribution >= 0.6 is 0 Å². The van der Waals surface area contributed by atoms with Crippen molar-refractivity contribution in [2.75, 3.05) is 13.2 Å². The van der Waals surface area contributed by atoms with Crippen molar-refractivity contribution in [1.82, 2.24) is 5.43 Å². The molecule has 1 unspecified atom stereocenters. The lowest BCUT2D eigenvalue weighted by molar-refractivity contribution is 0.0891. The monoisotopic (exact) mass is 176 g/mol. The molecule has 1 rings (SSSR count). The van der Waals surface area contributed by atoms with E-state index in [2.05, 4.69) is 5.10 Å². The normalized spacial score (nSPS) is 27.1. The molecular formula is C6H9FN2O3. The van der Waals surface area contributed by atoms with E-state index in [4.69, 9.17) is 9.84 Å². The van der Waals surface area contributed by atoms with Gasteiger partial charge in [-0.05, 0) is 0 Å². The van der Waals surface area contributed by atoms with Gasteiger partial charge in [-0.2, -0.15) is 5.10 Å². The van der Waals surface area contributed by atoms with Crippen LogP contribution in [-0.2, 0) is 4.74 Å². The quantitative estimate of drug-likeness (QED) is 0.567. The molecule has 0 saturated carbocycles. The summed E-state index contributed by atoms with van der Waals surface area (Å²) in [4.78, 5) is 9.98. The number of hydrogen-bond acceptors (Lipinski definition) is 3. The average Bonchev–Trinajstić information content (AvgIpc) is 2.03. The first-order valence-corrected chi connectivity index (χ1v) is 3.47. The summed E-state index contributed by atoms with van der Waals surface area (Å²) in [6.07, 6.45) is -2.24. The van der Waals surface area contributed by atoms with E-state index in [1.54, 1.807) is 5.43 Å². The maximum atomic E-state index is 12.8. The summed E-state index contributed by atoms with van der Waals surface area (Å²) >= 11 is 0. The molecule has 1 amide bonds. The van der Waals surface area contributed by atoms with E-state index >= 15 is 0 Å². The highest BCUT2D eigenvalue weighted by atomic mass is 19.1. The zero-order valence-electron chi connectivity index (χ0n) is 6.29. The summed E-state index contributed by atoms with van der Waals surface area (Å²) in [5.41, 5.74) is 1.95. The van der Waals surface area contributed by atoms with Crippen LogP contribution in [0.15, 0.2) is 5.10 Å². The van der Waals surface area contributed by atoms with Gasteiger partial charge in [0.2, 0.25) is 0 Å². The van der Waals surface area contributed by atoms with Gasteiger partial charge in [0, 0.05) is 6.42 Å². The molecule has 68 valence electrons. The second-order valence-corrected chi connectivity index (χ2v) is 2.31. The van der Waals surface area contributed by atoms with E-state index in [0.29, 0.717) is 13.0 Å².